The molecule has 1 aliphatic rings. The van der Waals surface area contributed by atoms with Crippen LogP contribution in [0.15, 0.2) is 66.7 Å². The van der Waals surface area contributed by atoms with Crippen LogP contribution in [0.2, 0.25) is 10.0 Å². The molecule has 0 radical (unpaired) electrons. The molecule has 0 bridgehead atoms. The molecule has 172 valence electrons. The van der Waals surface area contributed by atoms with Crippen molar-refractivity contribution in [1.29, 1.82) is 0 Å². The van der Waals surface area contributed by atoms with E-state index in [1.54, 1.807) is 54.6 Å². The first-order valence-corrected chi connectivity index (χ1v) is 11.0. The van der Waals surface area contributed by atoms with E-state index in [2.05, 4.69) is 5.32 Å². The predicted octanol–water partition coefficient (Wildman–Crippen LogP) is 4.97. The highest BCUT2D eigenvalue weighted by Crippen LogP contribution is 2.29. The maximum atomic E-state index is 12.5. The third kappa shape index (κ3) is 4.66. The molecule has 0 spiro atoms. The number of fused-ring (bicyclic) bond motifs is 1. The number of imide groups is 1. The lowest BCUT2D eigenvalue weighted by Gasteiger charge is -2.15. The van der Waals surface area contributed by atoms with Gasteiger partial charge in [0.1, 0.15) is 0 Å². The second-order valence-electron chi connectivity index (χ2n) is 7.58. The van der Waals surface area contributed by atoms with Gasteiger partial charge in [0.05, 0.1) is 39.0 Å². The highest BCUT2D eigenvalue weighted by molar-refractivity contribution is 6.44. The van der Waals surface area contributed by atoms with E-state index in [9.17, 15) is 19.2 Å². The lowest BCUT2D eigenvalue weighted by atomic mass is 10.1. The molecule has 0 saturated carbocycles. The summed E-state index contributed by atoms with van der Waals surface area (Å²) in [7, 11) is 0. The Hall–Kier alpha value is -3.68. The Morgan fingerprint density at radius 1 is 0.912 bits per heavy atom. The summed E-state index contributed by atoms with van der Waals surface area (Å²) in [6.07, 6.45) is -1.10. The summed E-state index contributed by atoms with van der Waals surface area (Å²) in [6.45, 7) is 1.50. The first-order valence-electron chi connectivity index (χ1n) is 10.3. The number of nitrogens with zero attached hydrogens (tertiary/aromatic N) is 1. The second-order valence-corrected chi connectivity index (χ2v) is 8.36. The largest absolute Gasteiger partial charge is 0.449 e. The normalized spacial score (nSPS) is 13.4. The van der Waals surface area contributed by atoms with Crippen molar-refractivity contribution in [3.8, 4) is 0 Å². The quantitative estimate of drug-likeness (QED) is 0.384. The van der Waals surface area contributed by atoms with Gasteiger partial charge in [0, 0.05) is 0 Å². The molecule has 9 heteroatoms. The molecule has 1 aliphatic heterocycles. The minimum absolute atomic E-state index is 0.0703. The van der Waals surface area contributed by atoms with Gasteiger partial charge >= 0.3 is 5.97 Å². The third-order valence-corrected chi connectivity index (χ3v) is 6.09. The number of ether oxygens (including phenoxy) is 1. The van der Waals surface area contributed by atoms with Crippen LogP contribution >= 0.6 is 23.2 Å². The Bertz CT molecular complexity index is 1270. The molecule has 0 saturated heterocycles. The number of amides is 3. The summed E-state index contributed by atoms with van der Waals surface area (Å²) >= 11 is 12.0. The second kappa shape index (κ2) is 9.67. The Balaban J connectivity index is 1.37. The molecule has 34 heavy (non-hydrogen) atoms. The fourth-order valence-electron chi connectivity index (χ4n) is 3.43. The summed E-state index contributed by atoms with van der Waals surface area (Å²) in [4.78, 5) is 51.1. The van der Waals surface area contributed by atoms with Crippen LogP contribution in [0.3, 0.4) is 0 Å². The van der Waals surface area contributed by atoms with Gasteiger partial charge in [-0.3, -0.25) is 19.3 Å². The number of hydrogen-bond acceptors (Lipinski definition) is 5. The zero-order chi connectivity index (χ0) is 24.4. The highest BCUT2D eigenvalue weighted by atomic mass is 35.5. The molecular weight excluding hydrogens is 479 g/mol. The van der Waals surface area contributed by atoms with Crippen LogP contribution in [0.4, 0.5) is 5.69 Å². The number of rotatable bonds is 6. The number of esters is 1. The SMILES string of the molecule is CC(OC(=O)c1ccc(CN2C(=O)c3ccccc3C2=O)cc1)C(=O)Nc1cccc(Cl)c1Cl. The van der Waals surface area contributed by atoms with E-state index in [1.807, 2.05) is 0 Å². The van der Waals surface area contributed by atoms with Crippen molar-refractivity contribution in [2.75, 3.05) is 5.32 Å². The van der Waals surface area contributed by atoms with Gasteiger partial charge in [-0.15, -0.1) is 0 Å². The van der Waals surface area contributed by atoms with Crippen LogP contribution in [-0.4, -0.2) is 34.7 Å². The van der Waals surface area contributed by atoms with Crippen molar-refractivity contribution in [3.05, 3.63) is 99.0 Å². The number of carbonyl (C=O) groups is 4. The van der Waals surface area contributed by atoms with E-state index in [4.69, 9.17) is 27.9 Å². The Kier molecular flexibility index (Phi) is 6.68. The summed E-state index contributed by atoms with van der Waals surface area (Å²) in [5.74, 6) is -1.99. The molecule has 1 N–H and O–H groups in total. The fraction of sp³-hybridized carbons (Fsp3) is 0.120. The Morgan fingerprint density at radius 2 is 1.53 bits per heavy atom. The van der Waals surface area contributed by atoms with Crippen LogP contribution in [0.1, 0.15) is 43.6 Å². The Morgan fingerprint density at radius 3 is 2.15 bits per heavy atom. The summed E-state index contributed by atoms with van der Waals surface area (Å²) in [5.41, 5.74) is 1.93. The Labute approximate surface area is 205 Å². The maximum absolute atomic E-state index is 12.5. The van der Waals surface area contributed by atoms with E-state index in [1.165, 1.54) is 19.1 Å². The standard InChI is InChI=1S/C25H18Cl2N2O5/c1-14(22(30)28-20-8-4-7-19(26)21(20)27)34-25(33)16-11-9-15(10-12-16)13-29-23(31)17-5-2-3-6-18(17)24(29)32/h2-12,14H,13H2,1H3,(H,28,30). The van der Waals surface area contributed by atoms with Crippen LogP contribution in [0.25, 0.3) is 0 Å². The number of halogens is 2. The average molecular weight is 497 g/mol. The van der Waals surface area contributed by atoms with Crippen molar-refractivity contribution < 1.29 is 23.9 Å². The van der Waals surface area contributed by atoms with Crippen LogP contribution < -0.4 is 5.32 Å². The first kappa shape index (κ1) is 23.5. The van der Waals surface area contributed by atoms with Gasteiger partial charge < -0.3 is 10.1 Å². The van der Waals surface area contributed by atoms with Crippen LogP contribution in [0.5, 0.6) is 0 Å². The summed E-state index contributed by atoms with van der Waals surface area (Å²) in [6, 6.07) is 17.7. The first-order chi connectivity index (χ1) is 16.3. The van der Waals surface area contributed by atoms with Crippen molar-refractivity contribution in [1.82, 2.24) is 4.90 Å². The highest BCUT2D eigenvalue weighted by Gasteiger charge is 2.35. The lowest BCUT2D eigenvalue weighted by Crippen LogP contribution is -2.30. The lowest BCUT2D eigenvalue weighted by molar-refractivity contribution is -0.123. The van der Waals surface area contributed by atoms with E-state index in [-0.39, 0.29) is 34.0 Å². The van der Waals surface area contributed by atoms with Gasteiger partial charge in [0.2, 0.25) is 0 Å². The van der Waals surface area contributed by atoms with Crippen LogP contribution in [-0.2, 0) is 16.1 Å². The molecule has 7 nitrogen and oxygen atoms in total. The zero-order valence-corrected chi connectivity index (χ0v) is 19.4. The topological polar surface area (TPSA) is 92.8 Å². The number of nitrogens with one attached hydrogen (secondary N) is 1. The number of anilines is 1. The molecule has 0 fully saturated rings. The fourth-order valence-corrected chi connectivity index (χ4v) is 3.78. The summed E-state index contributed by atoms with van der Waals surface area (Å²) < 4.78 is 5.24. The van der Waals surface area contributed by atoms with Crippen molar-refractivity contribution >= 4 is 52.6 Å². The van der Waals surface area contributed by atoms with E-state index >= 15 is 0 Å². The smallest absolute Gasteiger partial charge is 0.338 e. The number of hydrogen-bond donors (Lipinski definition) is 1. The molecule has 1 unspecified atom stereocenters. The molecule has 3 aromatic carbocycles. The predicted molar refractivity (Wildman–Crippen MR) is 127 cm³/mol. The molecule has 1 heterocycles. The molecule has 0 aromatic heterocycles. The van der Waals surface area contributed by atoms with E-state index < -0.39 is 18.0 Å². The molecule has 1 atom stereocenters. The minimum atomic E-state index is -1.10. The van der Waals surface area contributed by atoms with Gasteiger partial charge in [0.15, 0.2) is 6.10 Å². The minimum Gasteiger partial charge on any atom is -0.449 e. The van der Waals surface area contributed by atoms with Crippen molar-refractivity contribution in [3.63, 3.8) is 0 Å². The van der Waals surface area contributed by atoms with Crippen molar-refractivity contribution in [2.45, 2.75) is 19.6 Å². The van der Waals surface area contributed by atoms with Gasteiger partial charge in [0.25, 0.3) is 17.7 Å². The van der Waals surface area contributed by atoms with E-state index in [0.29, 0.717) is 22.4 Å². The number of benzene rings is 3. The number of carbonyl (C=O) groups excluding carboxylic acids is 4. The average Bonchev–Trinajstić information content (AvgIpc) is 3.07. The van der Waals surface area contributed by atoms with Gasteiger partial charge in [-0.05, 0) is 48.9 Å². The zero-order valence-electron chi connectivity index (χ0n) is 17.9. The summed E-state index contributed by atoms with van der Waals surface area (Å²) in [5, 5.41) is 3.04. The molecule has 0 aliphatic carbocycles. The van der Waals surface area contributed by atoms with Gasteiger partial charge in [-0.25, -0.2) is 4.79 Å². The molecule has 3 amide bonds. The van der Waals surface area contributed by atoms with Crippen LogP contribution in [0, 0.1) is 0 Å². The monoisotopic (exact) mass is 496 g/mol. The third-order valence-electron chi connectivity index (χ3n) is 5.27. The molecule has 4 rings (SSSR count). The van der Waals surface area contributed by atoms with Gasteiger partial charge in [-0.2, -0.15) is 0 Å². The van der Waals surface area contributed by atoms with E-state index in [0.717, 1.165) is 4.90 Å². The molecular formula is C25H18Cl2N2O5. The van der Waals surface area contributed by atoms with Crippen molar-refractivity contribution in [2.24, 2.45) is 0 Å². The maximum Gasteiger partial charge on any atom is 0.338 e. The van der Waals surface area contributed by atoms with Gasteiger partial charge in [-0.1, -0.05) is 53.5 Å². The molecule has 3 aromatic rings.